The molecule has 0 aromatic heterocycles. The van der Waals surface area contributed by atoms with E-state index in [9.17, 15) is 13.6 Å². The maximum absolute atomic E-state index is 14.0. The van der Waals surface area contributed by atoms with E-state index in [1.54, 1.807) is 11.9 Å². The van der Waals surface area contributed by atoms with Crippen molar-refractivity contribution in [3.8, 4) is 0 Å². The second kappa shape index (κ2) is 21.7. The molecule has 2 aromatic rings. The summed E-state index contributed by atoms with van der Waals surface area (Å²) in [4.78, 5) is 16.3. The van der Waals surface area contributed by atoms with Crippen molar-refractivity contribution in [3.63, 3.8) is 0 Å². The Morgan fingerprint density at radius 1 is 1.05 bits per heavy atom. The number of aliphatic hydroxyl groups is 1. The summed E-state index contributed by atoms with van der Waals surface area (Å²) in [5.41, 5.74) is 1.71. The largest absolute Gasteiger partial charge is 0.400 e. The Kier molecular flexibility index (Phi) is 20.6. The lowest BCUT2D eigenvalue weighted by Crippen LogP contribution is -2.38. The molecule has 0 radical (unpaired) electrons. The van der Waals surface area contributed by atoms with Gasteiger partial charge in [0.25, 0.3) is 0 Å². The lowest BCUT2D eigenvalue weighted by molar-refractivity contribution is 0.185. The molecule has 2 aromatic carbocycles. The van der Waals surface area contributed by atoms with Gasteiger partial charge in [0, 0.05) is 32.3 Å². The van der Waals surface area contributed by atoms with E-state index in [4.69, 9.17) is 5.11 Å². The number of alkyl halides is 1. The highest BCUT2D eigenvalue weighted by Crippen LogP contribution is 2.35. The van der Waals surface area contributed by atoms with Gasteiger partial charge in [0.1, 0.15) is 11.6 Å². The van der Waals surface area contributed by atoms with Crippen molar-refractivity contribution in [2.75, 3.05) is 38.2 Å². The number of carbonyl (C=O) groups is 1. The maximum atomic E-state index is 14.0. The van der Waals surface area contributed by atoms with Crippen LogP contribution in [0.1, 0.15) is 71.0 Å². The maximum Gasteiger partial charge on any atom is 0.318 e. The first-order valence-electron chi connectivity index (χ1n) is 13.8. The molecule has 0 spiro atoms. The zero-order chi connectivity index (χ0) is 29.8. The van der Waals surface area contributed by atoms with Crippen LogP contribution < -0.4 is 5.32 Å². The van der Waals surface area contributed by atoms with Crippen molar-refractivity contribution in [1.29, 1.82) is 0 Å². The van der Waals surface area contributed by atoms with E-state index < -0.39 is 11.6 Å². The fraction of sp³-hybridized carbons (Fsp3) is 0.516. The van der Waals surface area contributed by atoms with Crippen LogP contribution in [0.2, 0.25) is 0 Å². The number of nitrogens with zero attached hydrogens (tertiary/aromatic N) is 2. The van der Waals surface area contributed by atoms with Crippen LogP contribution in [-0.2, 0) is 0 Å². The fourth-order valence-corrected chi connectivity index (χ4v) is 4.24. The first-order valence-corrected chi connectivity index (χ1v) is 15.3. The Labute approximate surface area is 248 Å². The lowest BCUT2D eigenvalue weighted by Gasteiger charge is -2.29. The highest BCUT2D eigenvalue weighted by molar-refractivity contribution is 14.1. The molecule has 1 saturated heterocycles. The molecule has 8 heteroatoms. The normalized spacial score (nSPS) is 16.2. The number of rotatable bonds is 3. The molecule has 220 valence electrons. The van der Waals surface area contributed by atoms with Crippen molar-refractivity contribution >= 4 is 34.2 Å². The van der Waals surface area contributed by atoms with Gasteiger partial charge in [-0.1, -0.05) is 86.2 Å². The average molecular weight is 660 g/mol. The number of piperidine rings is 1. The monoisotopic (exact) mass is 659 g/mol. The van der Waals surface area contributed by atoms with E-state index in [0.29, 0.717) is 5.57 Å². The standard InChI is InChI=1S/C18H16F2N2O.C8H17N.C2H5I.C2H6.CH4O/c1-21-18(23)22-11-13(15-10-14(19)7-8-16(15)20)9-17(22)12-5-3-2-4-6-12;1-8(2)9-6-4-3-5-7-9;1-2-3;2*1-2/h2-10,17H,11H2,1H3,(H,21,23);8H,3-7H2,1-2H3;2H2,1H3;1-2H3;2H,1H3/t17-;;;;/m0..../s1. The minimum Gasteiger partial charge on any atom is -0.400 e. The third-order valence-corrected chi connectivity index (χ3v) is 6.05. The number of carbonyl (C=O) groups excluding carboxylic acids is 1. The van der Waals surface area contributed by atoms with Crippen molar-refractivity contribution in [2.45, 2.75) is 66.0 Å². The van der Waals surface area contributed by atoms with Gasteiger partial charge in [-0.15, -0.1) is 0 Å². The molecular formula is C31H48F2IN3O2. The van der Waals surface area contributed by atoms with Gasteiger partial charge in [0.2, 0.25) is 0 Å². The molecule has 39 heavy (non-hydrogen) atoms. The predicted octanol–water partition coefficient (Wildman–Crippen LogP) is 7.70. The minimum atomic E-state index is -0.503. The minimum absolute atomic E-state index is 0.192. The van der Waals surface area contributed by atoms with Crippen molar-refractivity contribution in [2.24, 2.45) is 0 Å². The van der Waals surface area contributed by atoms with E-state index in [0.717, 1.165) is 36.9 Å². The van der Waals surface area contributed by atoms with Gasteiger partial charge in [-0.3, -0.25) is 0 Å². The zero-order valence-electron chi connectivity index (χ0n) is 24.7. The summed E-state index contributed by atoms with van der Waals surface area (Å²) in [5, 5.41) is 9.59. The molecule has 0 bridgehead atoms. The molecule has 0 unspecified atom stereocenters. The third kappa shape index (κ3) is 12.8. The Morgan fingerprint density at radius 3 is 2.10 bits per heavy atom. The Balaban J connectivity index is 0.000000749. The molecule has 1 fully saturated rings. The summed E-state index contributed by atoms with van der Waals surface area (Å²) in [5.74, 6) is -1.000. The molecule has 2 aliphatic rings. The molecule has 2 N–H and O–H groups in total. The number of likely N-dealkylation sites (tertiary alicyclic amines) is 1. The summed E-state index contributed by atoms with van der Waals surface area (Å²) in [7, 11) is 2.55. The predicted molar refractivity (Wildman–Crippen MR) is 169 cm³/mol. The van der Waals surface area contributed by atoms with Crippen molar-refractivity contribution in [3.05, 3.63) is 77.4 Å². The van der Waals surface area contributed by atoms with Crippen molar-refractivity contribution in [1.82, 2.24) is 15.1 Å². The number of nitrogens with one attached hydrogen (secondary N) is 1. The summed E-state index contributed by atoms with van der Waals surface area (Å²) < 4.78 is 28.7. The van der Waals surface area contributed by atoms with Crippen LogP contribution in [0, 0.1) is 11.6 Å². The second-order valence-electron chi connectivity index (χ2n) is 8.81. The first kappa shape index (κ1) is 37.0. The number of amides is 2. The molecule has 2 amide bonds. The molecule has 1 atom stereocenters. The number of halogens is 3. The molecular weight excluding hydrogens is 611 g/mol. The summed E-state index contributed by atoms with van der Waals surface area (Å²) in [6.45, 7) is 13.6. The topological polar surface area (TPSA) is 55.8 Å². The van der Waals surface area contributed by atoms with E-state index in [1.165, 1.54) is 36.8 Å². The number of urea groups is 1. The summed E-state index contributed by atoms with van der Waals surface area (Å²) >= 11 is 2.29. The van der Waals surface area contributed by atoms with Crippen LogP contribution in [0.5, 0.6) is 0 Å². The molecule has 2 heterocycles. The number of aliphatic hydroxyl groups excluding tert-OH is 1. The summed E-state index contributed by atoms with van der Waals surface area (Å²) in [6.07, 6.45) is 6.09. The van der Waals surface area contributed by atoms with Crippen LogP contribution in [0.25, 0.3) is 5.57 Å². The molecule has 2 aliphatic heterocycles. The lowest BCUT2D eigenvalue weighted by atomic mass is 10.0. The SMILES string of the molecule is CC.CC(C)N1CCCCC1.CCI.CNC(=O)N1CC(c2cc(F)ccc2F)=C[C@H]1c1ccccc1.CO. The molecule has 0 saturated carbocycles. The Bertz CT molecular complexity index is 952. The molecule has 4 rings (SSSR count). The quantitative estimate of drug-likeness (QED) is 0.263. The van der Waals surface area contributed by atoms with Crippen molar-refractivity contribution < 1.29 is 18.7 Å². The van der Waals surface area contributed by atoms with Gasteiger partial charge in [0.05, 0.1) is 6.04 Å². The number of hydrogen-bond acceptors (Lipinski definition) is 3. The van der Waals surface area contributed by atoms with Gasteiger partial charge >= 0.3 is 6.03 Å². The second-order valence-corrected chi connectivity index (χ2v) is 10.3. The summed E-state index contributed by atoms with van der Waals surface area (Å²) in [6, 6.07) is 13.0. The van der Waals surface area contributed by atoms with Gasteiger partial charge in [0.15, 0.2) is 0 Å². The third-order valence-electron chi connectivity index (χ3n) is 6.05. The van der Waals surface area contributed by atoms with Crippen LogP contribution >= 0.6 is 22.6 Å². The highest BCUT2D eigenvalue weighted by Gasteiger charge is 2.31. The van der Waals surface area contributed by atoms with Gasteiger partial charge in [-0.2, -0.15) is 0 Å². The Hall–Kier alpha value is -2.04. The smallest absolute Gasteiger partial charge is 0.318 e. The fourth-order valence-electron chi connectivity index (χ4n) is 4.24. The number of hydrogen-bond donors (Lipinski definition) is 2. The van der Waals surface area contributed by atoms with E-state index in [-0.39, 0.29) is 24.2 Å². The van der Waals surface area contributed by atoms with E-state index >= 15 is 0 Å². The Morgan fingerprint density at radius 2 is 1.62 bits per heavy atom. The van der Waals surface area contributed by atoms with Crippen LogP contribution in [-0.4, -0.2) is 65.2 Å². The number of benzene rings is 2. The molecule has 5 nitrogen and oxygen atoms in total. The zero-order valence-corrected chi connectivity index (χ0v) is 26.8. The highest BCUT2D eigenvalue weighted by atomic mass is 127. The van der Waals surface area contributed by atoms with E-state index in [2.05, 4.69) is 53.6 Å². The average Bonchev–Trinajstić information content (AvgIpc) is 3.43. The van der Waals surface area contributed by atoms with Gasteiger partial charge < -0.3 is 20.2 Å². The van der Waals surface area contributed by atoms with Gasteiger partial charge in [-0.05, 0) is 73.5 Å². The van der Waals surface area contributed by atoms with Crippen LogP contribution in [0.3, 0.4) is 0 Å². The van der Waals surface area contributed by atoms with Gasteiger partial charge in [-0.25, -0.2) is 13.6 Å². The first-order chi connectivity index (χ1) is 18.8. The molecule has 0 aliphatic carbocycles. The van der Waals surface area contributed by atoms with E-state index in [1.807, 2.05) is 50.3 Å². The van der Waals surface area contributed by atoms with Crippen LogP contribution in [0.4, 0.5) is 13.6 Å². The van der Waals surface area contributed by atoms with Crippen LogP contribution in [0.15, 0.2) is 54.6 Å².